The molecule has 4 rings (SSSR count). The minimum atomic E-state index is -3.83. The third-order valence-electron chi connectivity index (χ3n) is 4.86. The summed E-state index contributed by atoms with van der Waals surface area (Å²) < 4.78 is 43.6. The van der Waals surface area contributed by atoms with Gasteiger partial charge in [-0.1, -0.05) is 0 Å². The lowest BCUT2D eigenvalue weighted by Gasteiger charge is -2.20. The van der Waals surface area contributed by atoms with E-state index in [1.54, 1.807) is 23.2 Å². The van der Waals surface area contributed by atoms with Crippen molar-refractivity contribution in [3.8, 4) is 17.0 Å². The molecule has 1 saturated heterocycles. The maximum atomic E-state index is 14.0. The van der Waals surface area contributed by atoms with Crippen molar-refractivity contribution < 1.29 is 22.7 Å². The van der Waals surface area contributed by atoms with E-state index in [1.165, 1.54) is 30.5 Å². The van der Waals surface area contributed by atoms with Crippen LogP contribution >= 0.6 is 11.6 Å². The highest BCUT2D eigenvalue weighted by Gasteiger charge is 2.32. The van der Waals surface area contributed by atoms with Gasteiger partial charge < -0.3 is 20.7 Å². The summed E-state index contributed by atoms with van der Waals surface area (Å²) in [5.41, 5.74) is 3.70. The van der Waals surface area contributed by atoms with E-state index < -0.39 is 23.7 Å². The van der Waals surface area contributed by atoms with Crippen LogP contribution in [0.2, 0.25) is 0 Å². The van der Waals surface area contributed by atoms with Crippen molar-refractivity contribution in [2.75, 3.05) is 23.3 Å². The second-order valence-electron chi connectivity index (χ2n) is 7.18. The number of aromatic nitrogens is 3. The fraction of sp³-hybridized carbons (Fsp3) is 0.250. The van der Waals surface area contributed by atoms with E-state index in [9.17, 15) is 18.0 Å². The SMILES string of the molecule is N[C@@H]1CN(c2ncc(C(=O)Nc3ccc(OC(F)(F)Cl)cc3)cc2-c2ccn[nH]2)C[C@H]1F. The molecule has 0 spiro atoms. The number of nitrogens with one attached hydrogen (secondary N) is 2. The topological polar surface area (TPSA) is 109 Å². The maximum Gasteiger partial charge on any atom is 0.487 e. The van der Waals surface area contributed by atoms with Gasteiger partial charge in [-0.3, -0.25) is 9.89 Å². The molecule has 0 aliphatic carbocycles. The Bertz CT molecular complexity index is 1080. The summed E-state index contributed by atoms with van der Waals surface area (Å²) in [5.74, 6) is -0.168. The zero-order valence-electron chi connectivity index (χ0n) is 16.4. The quantitative estimate of drug-likeness (QED) is 0.480. The Morgan fingerprint density at radius 1 is 1.28 bits per heavy atom. The van der Waals surface area contributed by atoms with Crippen molar-refractivity contribution in [3.05, 3.63) is 54.4 Å². The van der Waals surface area contributed by atoms with Gasteiger partial charge in [0.2, 0.25) is 0 Å². The van der Waals surface area contributed by atoms with Crippen molar-refractivity contribution >= 4 is 29.0 Å². The Balaban J connectivity index is 1.56. The van der Waals surface area contributed by atoms with Crippen LogP contribution in [0.4, 0.5) is 24.7 Å². The number of amides is 1. The molecule has 8 nitrogen and oxygen atoms in total. The molecule has 1 aromatic carbocycles. The highest BCUT2D eigenvalue weighted by molar-refractivity contribution is 6.20. The van der Waals surface area contributed by atoms with Crippen molar-refractivity contribution in [3.63, 3.8) is 0 Å². The molecule has 1 fully saturated rings. The van der Waals surface area contributed by atoms with Crippen LogP contribution in [0.25, 0.3) is 11.3 Å². The standard InChI is InChI=1S/C20H18ClF3N6O2/c21-20(23,24)32-13-3-1-12(2-4-13)28-19(31)11-7-14(17-5-6-27-29-17)18(26-8-11)30-9-15(22)16(25)10-30/h1-8,15-16H,9-10,25H2,(H,27,29)(H,28,31)/t15-,16-/m1/s1. The summed E-state index contributed by atoms with van der Waals surface area (Å²) in [6.07, 6.45) is 1.74. The molecular formula is C20H18ClF3N6O2. The fourth-order valence-electron chi connectivity index (χ4n) is 3.34. The van der Waals surface area contributed by atoms with E-state index in [-0.39, 0.29) is 24.4 Å². The van der Waals surface area contributed by atoms with Gasteiger partial charge in [-0.2, -0.15) is 5.10 Å². The Labute approximate surface area is 185 Å². The smallest absolute Gasteiger partial charge is 0.420 e. The Kier molecular flexibility index (Phi) is 5.94. The molecule has 3 heterocycles. The summed E-state index contributed by atoms with van der Waals surface area (Å²) in [4.78, 5) is 18.8. The molecule has 3 aromatic rings. The Morgan fingerprint density at radius 2 is 2.03 bits per heavy atom. The first-order valence-corrected chi connectivity index (χ1v) is 9.89. The predicted molar refractivity (Wildman–Crippen MR) is 113 cm³/mol. The molecule has 1 aliphatic rings. The number of benzene rings is 1. The minimum Gasteiger partial charge on any atom is -0.420 e. The van der Waals surface area contributed by atoms with Crippen LogP contribution in [0.3, 0.4) is 0 Å². The number of alkyl halides is 4. The van der Waals surface area contributed by atoms with E-state index in [4.69, 9.17) is 17.3 Å². The number of H-pyrrole nitrogens is 1. The molecule has 1 aliphatic heterocycles. The summed E-state index contributed by atoms with van der Waals surface area (Å²) in [7, 11) is 0. The third-order valence-corrected chi connectivity index (χ3v) is 4.93. The minimum absolute atomic E-state index is 0.0939. The summed E-state index contributed by atoms with van der Waals surface area (Å²) >= 11 is 4.73. The first-order chi connectivity index (χ1) is 15.2. The van der Waals surface area contributed by atoms with E-state index in [0.29, 0.717) is 22.8 Å². The summed E-state index contributed by atoms with van der Waals surface area (Å²) in [6.45, 7) is 0.382. The van der Waals surface area contributed by atoms with Crippen molar-refractivity contribution in [1.82, 2.24) is 15.2 Å². The number of hydrogen-bond acceptors (Lipinski definition) is 6. The van der Waals surface area contributed by atoms with Gasteiger partial charge in [0.1, 0.15) is 17.7 Å². The lowest BCUT2D eigenvalue weighted by molar-refractivity contribution is -0.0964. The lowest BCUT2D eigenvalue weighted by atomic mass is 10.1. The van der Waals surface area contributed by atoms with Gasteiger partial charge >= 0.3 is 5.57 Å². The number of pyridine rings is 1. The lowest BCUT2D eigenvalue weighted by Crippen LogP contribution is -2.30. The Morgan fingerprint density at radius 3 is 2.62 bits per heavy atom. The second kappa shape index (κ2) is 8.67. The van der Waals surface area contributed by atoms with Gasteiger partial charge in [-0.25, -0.2) is 9.37 Å². The fourth-order valence-corrected chi connectivity index (χ4v) is 3.43. The molecule has 168 valence electrons. The molecule has 0 unspecified atom stereocenters. The maximum absolute atomic E-state index is 14.0. The Hall–Kier alpha value is -3.31. The summed E-state index contributed by atoms with van der Waals surface area (Å²) in [6, 6.07) is 7.95. The highest BCUT2D eigenvalue weighted by atomic mass is 35.5. The van der Waals surface area contributed by atoms with Crippen LogP contribution in [0.1, 0.15) is 10.4 Å². The average molecular weight is 467 g/mol. The van der Waals surface area contributed by atoms with Gasteiger partial charge in [0.25, 0.3) is 5.91 Å². The average Bonchev–Trinajstić information content (AvgIpc) is 3.38. The molecule has 1 amide bonds. The number of hydrogen-bond donors (Lipinski definition) is 3. The van der Waals surface area contributed by atoms with E-state index in [2.05, 4.69) is 25.2 Å². The number of rotatable bonds is 6. The van der Waals surface area contributed by atoms with Crippen molar-refractivity contribution in [2.24, 2.45) is 5.73 Å². The number of aromatic amines is 1. The molecule has 4 N–H and O–H groups in total. The highest BCUT2D eigenvalue weighted by Crippen LogP contribution is 2.31. The largest absolute Gasteiger partial charge is 0.487 e. The van der Waals surface area contributed by atoms with E-state index in [0.717, 1.165) is 0 Å². The van der Waals surface area contributed by atoms with Gasteiger partial charge in [-0.05, 0) is 36.4 Å². The molecule has 0 radical (unpaired) electrons. The van der Waals surface area contributed by atoms with E-state index in [1.807, 2.05) is 0 Å². The zero-order valence-corrected chi connectivity index (χ0v) is 17.2. The number of carbonyl (C=O) groups is 1. The van der Waals surface area contributed by atoms with Crippen molar-refractivity contribution in [2.45, 2.75) is 17.8 Å². The van der Waals surface area contributed by atoms with Crippen LogP contribution in [0.15, 0.2) is 48.8 Å². The van der Waals surface area contributed by atoms with Gasteiger partial charge in [0.05, 0.1) is 23.8 Å². The van der Waals surface area contributed by atoms with Crippen LogP contribution in [0.5, 0.6) is 5.75 Å². The normalized spacial score (nSPS) is 18.6. The molecule has 0 bridgehead atoms. The predicted octanol–water partition coefficient (Wildman–Crippen LogP) is 3.38. The van der Waals surface area contributed by atoms with Crippen LogP contribution in [0, 0.1) is 0 Å². The number of nitrogens with two attached hydrogens (primary N) is 1. The van der Waals surface area contributed by atoms with Crippen LogP contribution in [-0.4, -0.2) is 52.0 Å². The third kappa shape index (κ3) is 4.94. The molecule has 2 atom stereocenters. The summed E-state index contributed by atoms with van der Waals surface area (Å²) in [5, 5.41) is 9.40. The first-order valence-electron chi connectivity index (χ1n) is 9.51. The van der Waals surface area contributed by atoms with Gasteiger partial charge in [0, 0.05) is 41.8 Å². The number of carbonyl (C=O) groups excluding carboxylic acids is 1. The monoisotopic (exact) mass is 466 g/mol. The van der Waals surface area contributed by atoms with E-state index >= 15 is 0 Å². The molecular weight excluding hydrogens is 449 g/mol. The first kappa shape index (κ1) is 21.9. The van der Waals surface area contributed by atoms with Crippen LogP contribution < -0.4 is 20.7 Å². The number of halogens is 4. The van der Waals surface area contributed by atoms with Gasteiger partial charge in [0.15, 0.2) is 0 Å². The zero-order chi connectivity index (χ0) is 22.9. The molecule has 32 heavy (non-hydrogen) atoms. The second-order valence-corrected chi connectivity index (χ2v) is 7.62. The molecule has 2 aromatic heterocycles. The number of anilines is 2. The number of nitrogens with zero attached hydrogens (tertiary/aromatic N) is 3. The van der Waals surface area contributed by atoms with Crippen molar-refractivity contribution in [1.29, 1.82) is 0 Å². The number of ether oxygens (including phenoxy) is 1. The van der Waals surface area contributed by atoms with Gasteiger partial charge in [-0.15, -0.1) is 8.78 Å². The molecule has 0 saturated carbocycles. The molecule has 12 heteroatoms. The van der Waals surface area contributed by atoms with Crippen LogP contribution in [-0.2, 0) is 0 Å².